The Hall–Kier alpha value is -3.59. The minimum Gasteiger partial charge on any atom is -0.504 e. The van der Waals surface area contributed by atoms with Crippen LogP contribution in [0.25, 0.3) is 6.08 Å². The molecule has 1 aromatic heterocycles. The zero-order valence-corrected chi connectivity index (χ0v) is 18.9. The SMILES string of the molecule is COC(=O)[C@H]1[C@@]23Oc4ccccc4[C@H]2n2c(s/c(=C\c4cccc(OC)c4O)c2=O)=N[C@@]13C. The predicted octanol–water partition coefficient (Wildman–Crippen LogP) is 1.37. The number of hydrogen-bond donors (Lipinski definition) is 1. The molecule has 33 heavy (non-hydrogen) atoms. The maximum atomic E-state index is 13.6. The zero-order valence-electron chi connectivity index (χ0n) is 18.1. The first-order chi connectivity index (χ1) is 15.9. The second-order valence-electron chi connectivity index (χ2n) is 8.52. The Morgan fingerprint density at radius 1 is 1.24 bits per heavy atom. The van der Waals surface area contributed by atoms with Crippen LogP contribution in [0, 0.1) is 5.92 Å². The van der Waals surface area contributed by atoms with E-state index in [0.29, 0.717) is 26.4 Å². The lowest BCUT2D eigenvalue weighted by atomic mass is 9.97. The second-order valence-corrected chi connectivity index (χ2v) is 9.53. The van der Waals surface area contributed by atoms with Gasteiger partial charge in [-0.15, -0.1) is 0 Å². The predicted molar refractivity (Wildman–Crippen MR) is 119 cm³/mol. The van der Waals surface area contributed by atoms with Crippen LogP contribution in [0.3, 0.4) is 0 Å². The Kier molecular flexibility index (Phi) is 3.93. The van der Waals surface area contributed by atoms with E-state index in [1.165, 1.54) is 25.6 Å². The van der Waals surface area contributed by atoms with E-state index in [-0.39, 0.29) is 11.3 Å². The van der Waals surface area contributed by atoms with Gasteiger partial charge in [-0.2, -0.15) is 0 Å². The number of phenols is 1. The van der Waals surface area contributed by atoms with E-state index in [1.807, 2.05) is 31.2 Å². The molecule has 0 radical (unpaired) electrons. The second kappa shape index (κ2) is 6.48. The standard InChI is InChI=1S/C24H20N2O6S/c1-23-18(21(29)31-3)24(23)19(13-8-4-5-9-14(13)32-24)26-20(28)16(33-22(26)25-23)11-12-7-6-10-15(30-2)17(12)27/h4-11,18-19,27H,1-3H3/b16-11-/t18-,19-,23+,24-/m1/s1. The zero-order chi connectivity index (χ0) is 23.1. The van der Waals surface area contributed by atoms with Gasteiger partial charge in [0.2, 0.25) is 0 Å². The summed E-state index contributed by atoms with van der Waals surface area (Å²) in [6.07, 6.45) is 1.63. The Morgan fingerprint density at radius 2 is 2.03 bits per heavy atom. The molecule has 1 spiro atoms. The fourth-order valence-corrected chi connectivity index (χ4v) is 6.51. The molecule has 0 amide bonds. The summed E-state index contributed by atoms with van der Waals surface area (Å²) in [5, 5.41) is 10.5. The minimum absolute atomic E-state index is 0.0423. The molecule has 4 atom stereocenters. The molecule has 3 heterocycles. The Balaban J connectivity index is 1.61. The van der Waals surface area contributed by atoms with Crippen LogP contribution in [0.1, 0.15) is 24.1 Å². The fourth-order valence-electron chi connectivity index (χ4n) is 5.42. The molecule has 168 valence electrons. The van der Waals surface area contributed by atoms with Crippen LogP contribution < -0.4 is 24.4 Å². The van der Waals surface area contributed by atoms with Crippen LogP contribution in [-0.4, -0.2) is 41.0 Å². The molecule has 1 aliphatic carbocycles. The number of para-hydroxylation sites is 2. The number of ether oxygens (including phenoxy) is 3. The van der Waals surface area contributed by atoms with Gasteiger partial charge in [0.1, 0.15) is 23.2 Å². The minimum atomic E-state index is -1.02. The quantitative estimate of drug-likeness (QED) is 0.588. The number of carbonyl (C=O) groups is 1. The largest absolute Gasteiger partial charge is 0.504 e. The highest BCUT2D eigenvalue weighted by Crippen LogP contribution is 2.70. The number of fused-ring (bicyclic) bond motifs is 4. The first-order valence-electron chi connectivity index (χ1n) is 10.4. The number of nitrogens with zero attached hydrogens (tertiary/aromatic N) is 2. The van der Waals surface area contributed by atoms with Gasteiger partial charge in [-0.3, -0.25) is 14.2 Å². The highest BCUT2D eigenvalue weighted by atomic mass is 32.1. The van der Waals surface area contributed by atoms with Crippen molar-refractivity contribution in [3.8, 4) is 17.2 Å². The summed E-state index contributed by atoms with van der Waals surface area (Å²) < 4.78 is 18.7. The third-order valence-corrected chi connectivity index (χ3v) is 7.98. The fraction of sp³-hybridized carbons (Fsp3) is 0.292. The van der Waals surface area contributed by atoms with Gasteiger partial charge in [0.05, 0.1) is 18.8 Å². The van der Waals surface area contributed by atoms with Gasteiger partial charge in [-0.05, 0) is 25.1 Å². The van der Waals surface area contributed by atoms with Gasteiger partial charge in [0.25, 0.3) is 5.56 Å². The molecule has 1 N–H and O–H groups in total. The van der Waals surface area contributed by atoms with Crippen molar-refractivity contribution in [1.29, 1.82) is 0 Å². The van der Waals surface area contributed by atoms with Gasteiger partial charge in [0.15, 0.2) is 21.9 Å². The van der Waals surface area contributed by atoms with Gasteiger partial charge >= 0.3 is 5.97 Å². The molecule has 0 unspecified atom stereocenters. The van der Waals surface area contributed by atoms with E-state index in [4.69, 9.17) is 19.2 Å². The van der Waals surface area contributed by atoms with Crippen LogP contribution in [0.4, 0.5) is 0 Å². The Morgan fingerprint density at radius 3 is 2.79 bits per heavy atom. The van der Waals surface area contributed by atoms with Crippen LogP contribution in [0.15, 0.2) is 52.3 Å². The van der Waals surface area contributed by atoms with Crippen LogP contribution in [-0.2, 0) is 9.53 Å². The summed E-state index contributed by atoms with van der Waals surface area (Å²) in [4.78, 5) is 31.7. The van der Waals surface area contributed by atoms with E-state index < -0.39 is 29.1 Å². The number of thiazole rings is 1. The summed E-state index contributed by atoms with van der Waals surface area (Å²) in [6, 6.07) is 12.1. The maximum Gasteiger partial charge on any atom is 0.315 e. The topological polar surface area (TPSA) is 99.4 Å². The first kappa shape index (κ1) is 20.0. The van der Waals surface area contributed by atoms with Crippen molar-refractivity contribution >= 4 is 23.4 Å². The molecule has 2 aliphatic heterocycles. The number of carbonyl (C=O) groups excluding carboxylic acids is 1. The molecular formula is C24H20N2O6S. The number of rotatable bonds is 3. The van der Waals surface area contributed by atoms with Gasteiger partial charge in [0, 0.05) is 11.1 Å². The molecule has 9 heteroatoms. The summed E-state index contributed by atoms with van der Waals surface area (Å²) >= 11 is 1.22. The smallest absolute Gasteiger partial charge is 0.315 e. The third-order valence-electron chi connectivity index (χ3n) is 6.99. The lowest BCUT2D eigenvalue weighted by Crippen LogP contribution is -2.47. The van der Waals surface area contributed by atoms with Gasteiger partial charge in [-0.25, -0.2) is 4.99 Å². The molecular weight excluding hydrogens is 444 g/mol. The Bertz CT molecular complexity index is 1520. The number of methoxy groups -OCH3 is 2. The monoisotopic (exact) mass is 464 g/mol. The van der Waals surface area contributed by atoms with Crippen molar-refractivity contribution in [3.63, 3.8) is 0 Å². The van der Waals surface area contributed by atoms with Gasteiger partial charge < -0.3 is 19.3 Å². The first-order valence-corrected chi connectivity index (χ1v) is 11.2. The molecule has 0 saturated heterocycles. The van der Waals surface area contributed by atoms with Crippen molar-refractivity contribution in [3.05, 3.63) is 73.3 Å². The van der Waals surface area contributed by atoms with E-state index in [0.717, 1.165) is 5.56 Å². The third kappa shape index (κ3) is 2.32. The van der Waals surface area contributed by atoms with E-state index in [2.05, 4.69) is 0 Å². The van der Waals surface area contributed by atoms with Crippen molar-refractivity contribution in [2.75, 3.05) is 14.2 Å². The summed E-state index contributed by atoms with van der Waals surface area (Å²) in [5.74, 6) is -0.123. The molecule has 8 nitrogen and oxygen atoms in total. The highest BCUT2D eigenvalue weighted by molar-refractivity contribution is 7.07. The molecule has 1 saturated carbocycles. The summed E-state index contributed by atoms with van der Waals surface area (Å²) in [7, 11) is 2.82. The van der Waals surface area contributed by atoms with Crippen LogP contribution >= 0.6 is 11.3 Å². The number of esters is 1. The highest BCUT2D eigenvalue weighted by Gasteiger charge is 2.88. The summed E-state index contributed by atoms with van der Waals surface area (Å²) in [6.45, 7) is 1.87. The number of phenolic OH excluding ortho intramolecular Hbond substituents is 1. The van der Waals surface area contributed by atoms with E-state index in [9.17, 15) is 14.7 Å². The van der Waals surface area contributed by atoms with Crippen molar-refractivity contribution in [2.45, 2.75) is 24.1 Å². The van der Waals surface area contributed by atoms with Crippen LogP contribution in [0.5, 0.6) is 17.2 Å². The number of aromatic hydroxyl groups is 1. The summed E-state index contributed by atoms with van der Waals surface area (Å²) in [5.41, 5.74) is -0.842. The Labute approximate surface area is 192 Å². The van der Waals surface area contributed by atoms with Crippen molar-refractivity contribution in [1.82, 2.24) is 4.57 Å². The lowest BCUT2D eigenvalue weighted by molar-refractivity contribution is -0.144. The molecule has 3 aliphatic rings. The van der Waals surface area contributed by atoms with Crippen molar-refractivity contribution in [2.24, 2.45) is 10.9 Å². The molecule has 1 fully saturated rings. The number of hydrogen-bond acceptors (Lipinski definition) is 8. The maximum absolute atomic E-state index is 13.6. The molecule has 0 bridgehead atoms. The average Bonchev–Trinajstić information content (AvgIpc) is 3.02. The van der Waals surface area contributed by atoms with Gasteiger partial charge in [-0.1, -0.05) is 41.7 Å². The molecule has 2 aromatic carbocycles. The number of aromatic nitrogens is 1. The molecule has 3 aromatic rings. The average molecular weight is 464 g/mol. The van der Waals surface area contributed by atoms with Crippen molar-refractivity contribution < 1.29 is 24.1 Å². The lowest BCUT2D eigenvalue weighted by Gasteiger charge is -2.26. The normalized spacial score (nSPS) is 28.5. The van der Waals surface area contributed by atoms with Crippen LogP contribution in [0.2, 0.25) is 0 Å². The van der Waals surface area contributed by atoms with E-state index >= 15 is 0 Å². The molecule has 6 rings (SSSR count). The van der Waals surface area contributed by atoms with E-state index in [1.54, 1.807) is 28.8 Å². The number of benzene rings is 2.